The van der Waals surface area contributed by atoms with Gasteiger partial charge in [-0.1, -0.05) is 12.1 Å². The lowest BCUT2D eigenvalue weighted by atomic mass is 10.1. The van der Waals surface area contributed by atoms with Crippen molar-refractivity contribution < 1.29 is 14.6 Å². The Balaban J connectivity index is 2.01. The van der Waals surface area contributed by atoms with Gasteiger partial charge in [-0.2, -0.15) is 0 Å². The molecule has 2 N–H and O–H groups in total. The molecule has 0 unspecified atom stereocenters. The third-order valence-electron chi connectivity index (χ3n) is 4.09. The molecule has 1 aliphatic rings. The van der Waals surface area contributed by atoms with Crippen molar-refractivity contribution in [1.29, 1.82) is 0 Å². The highest BCUT2D eigenvalue weighted by Crippen LogP contribution is 2.17. The standard InChI is InChI=1S/C17H27N3O3/c1-18-17(22)15-12-19(2)6-7-20(13-15)11-14-4-3-5-16(10-14)23-9-8-21/h3-5,10,15,21H,6-9,11-13H2,1-2H3,(H,18,22)/t15-/m1/s1. The number of rotatable bonds is 6. The number of benzene rings is 1. The van der Waals surface area contributed by atoms with E-state index in [1.54, 1.807) is 7.05 Å². The second-order valence-corrected chi connectivity index (χ2v) is 6.03. The highest BCUT2D eigenvalue weighted by molar-refractivity contribution is 5.78. The number of aliphatic hydroxyl groups is 1. The van der Waals surface area contributed by atoms with Crippen molar-refractivity contribution >= 4 is 5.91 Å². The van der Waals surface area contributed by atoms with Gasteiger partial charge in [0, 0.05) is 39.8 Å². The van der Waals surface area contributed by atoms with Crippen LogP contribution in [-0.4, -0.2) is 74.3 Å². The molecule has 0 bridgehead atoms. The molecule has 6 heteroatoms. The summed E-state index contributed by atoms with van der Waals surface area (Å²) in [4.78, 5) is 16.6. The number of carbonyl (C=O) groups excluding carboxylic acids is 1. The maximum absolute atomic E-state index is 12.0. The van der Waals surface area contributed by atoms with Gasteiger partial charge in [0.25, 0.3) is 0 Å². The molecule has 23 heavy (non-hydrogen) atoms. The van der Waals surface area contributed by atoms with Crippen LogP contribution in [0.4, 0.5) is 0 Å². The number of hydrogen-bond donors (Lipinski definition) is 2. The number of nitrogens with one attached hydrogen (secondary N) is 1. The summed E-state index contributed by atoms with van der Waals surface area (Å²) in [5, 5.41) is 11.6. The molecule has 0 saturated carbocycles. The lowest BCUT2D eigenvalue weighted by Crippen LogP contribution is -2.39. The summed E-state index contributed by atoms with van der Waals surface area (Å²) in [5.74, 6) is 0.858. The zero-order chi connectivity index (χ0) is 16.7. The molecular formula is C17H27N3O3. The maximum atomic E-state index is 12.0. The Hall–Kier alpha value is -1.63. The Morgan fingerprint density at radius 3 is 2.96 bits per heavy atom. The third kappa shape index (κ3) is 5.49. The number of aliphatic hydroxyl groups excluding tert-OH is 1. The molecule has 1 aliphatic heterocycles. The Labute approximate surface area is 138 Å². The number of ether oxygens (including phenoxy) is 1. The smallest absolute Gasteiger partial charge is 0.225 e. The Bertz CT molecular complexity index is 510. The average molecular weight is 321 g/mol. The summed E-state index contributed by atoms with van der Waals surface area (Å²) in [6.07, 6.45) is 0. The molecule has 1 amide bonds. The van der Waals surface area contributed by atoms with Gasteiger partial charge in [-0.25, -0.2) is 0 Å². The fourth-order valence-electron chi connectivity index (χ4n) is 2.91. The molecule has 1 fully saturated rings. The van der Waals surface area contributed by atoms with Crippen molar-refractivity contribution in [3.8, 4) is 5.75 Å². The Morgan fingerprint density at radius 1 is 1.39 bits per heavy atom. The highest BCUT2D eigenvalue weighted by atomic mass is 16.5. The van der Waals surface area contributed by atoms with Crippen molar-refractivity contribution in [1.82, 2.24) is 15.1 Å². The van der Waals surface area contributed by atoms with Crippen molar-refractivity contribution in [3.05, 3.63) is 29.8 Å². The average Bonchev–Trinajstić information content (AvgIpc) is 2.74. The van der Waals surface area contributed by atoms with E-state index in [2.05, 4.69) is 28.2 Å². The molecule has 1 aromatic rings. The van der Waals surface area contributed by atoms with Gasteiger partial charge in [0.1, 0.15) is 12.4 Å². The summed E-state index contributed by atoms with van der Waals surface area (Å²) in [6.45, 7) is 4.53. The van der Waals surface area contributed by atoms with Crippen LogP contribution in [0.15, 0.2) is 24.3 Å². The van der Waals surface area contributed by atoms with E-state index in [4.69, 9.17) is 9.84 Å². The Kier molecular flexibility index (Phi) is 6.83. The molecular weight excluding hydrogens is 294 g/mol. The summed E-state index contributed by atoms with van der Waals surface area (Å²) < 4.78 is 5.46. The van der Waals surface area contributed by atoms with Gasteiger partial charge >= 0.3 is 0 Å². The maximum Gasteiger partial charge on any atom is 0.225 e. The van der Waals surface area contributed by atoms with Crippen LogP contribution in [0.5, 0.6) is 5.75 Å². The molecule has 6 nitrogen and oxygen atoms in total. The monoisotopic (exact) mass is 321 g/mol. The minimum atomic E-state index is -0.0127. The van der Waals surface area contributed by atoms with Crippen molar-refractivity contribution in [2.75, 3.05) is 53.5 Å². The first-order valence-corrected chi connectivity index (χ1v) is 8.07. The first-order valence-electron chi connectivity index (χ1n) is 8.07. The second kappa shape index (κ2) is 8.86. The number of amides is 1. The van der Waals surface area contributed by atoms with E-state index in [0.29, 0.717) is 6.61 Å². The summed E-state index contributed by atoms with van der Waals surface area (Å²) >= 11 is 0. The fraction of sp³-hybridized carbons (Fsp3) is 0.588. The zero-order valence-electron chi connectivity index (χ0n) is 14.0. The quantitative estimate of drug-likeness (QED) is 0.782. The van der Waals surface area contributed by atoms with E-state index in [-0.39, 0.29) is 18.4 Å². The summed E-state index contributed by atoms with van der Waals surface area (Å²) in [6, 6.07) is 7.92. The Morgan fingerprint density at radius 2 is 2.22 bits per heavy atom. The van der Waals surface area contributed by atoms with Crippen LogP contribution in [-0.2, 0) is 11.3 Å². The van der Waals surface area contributed by atoms with Crippen LogP contribution >= 0.6 is 0 Å². The SMILES string of the molecule is CNC(=O)[C@@H]1CN(C)CCN(Cc2cccc(OCCO)c2)C1. The van der Waals surface area contributed by atoms with E-state index < -0.39 is 0 Å². The molecule has 0 spiro atoms. The predicted octanol–water partition coefficient (Wildman–Crippen LogP) is 0.167. The topological polar surface area (TPSA) is 65.0 Å². The molecule has 0 aromatic heterocycles. The number of carbonyl (C=O) groups is 1. The molecule has 1 heterocycles. The summed E-state index contributed by atoms with van der Waals surface area (Å²) in [5.41, 5.74) is 1.15. The highest BCUT2D eigenvalue weighted by Gasteiger charge is 2.25. The lowest BCUT2D eigenvalue weighted by molar-refractivity contribution is -0.125. The minimum absolute atomic E-state index is 0.0104. The van der Waals surface area contributed by atoms with Crippen LogP contribution in [0.2, 0.25) is 0 Å². The number of likely N-dealkylation sites (N-methyl/N-ethyl adjacent to an activating group) is 1. The van der Waals surface area contributed by atoms with Gasteiger partial charge in [-0.05, 0) is 24.7 Å². The first kappa shape index (κ1) is 17.7. The molecule has 2 rings (SSSR count). The van der Waals surface area contributed by atoms with Crippen LogP contribution in [0.25, 0.3) is 0 Å². The van der Waals surface area contributed by atoms with Crippen molar-refractivity contribution in [2.24, 2.45) is 5.92 Å². The largest absolute Gasteiger partial charge is 0.491 e. The third-order valence-corrected chi connectivity index (χ3v) is 4.09. The molecule has 1 atom stereocenters. The molecule has 1 aromatic carbocycles. The fourth-order valence-corrected chi connectivity index (χ4v) is 2.91. The van der Waals surface area contributed by atoms with Crippen LogP contribution in [0.1, 0.15) is 5.56 Å². The van der Waals surface area contributed by atoms with Crippen molar-refractivity contribution in [3.63, 3.8) is 0 Å². The lowest BCUT2D eigenvalue weighted by Gasteiger charge is -2.23. The molecule has 0 radical (unpaired) electrons. The normalized spacial score (nSPS) is 20.0. The number of hydrogen-bond acceptors (Lipinski definition) is 5. The van der Waals surface area contributed by atoms with Crippen molar-refractivity contribution in [2.45, 2.75) is 6.54 Å². The van der Waals surface area contributed by atoms with Gasteiger partial charge in [0.05, 0.1) is 12.5 Å². The predicted molar refractivity (Wildman–Crippen MR) is 89.4 cm³/mol. The van der Waals surface area contributed by atoms with E-state index in [0.717, 1.165) is 44.0 Å². The van der Waals surface area contributed by atoms with E-state index >= 15 is 0 Å². The molecule has 1 saturated heterocycles. The zero-order valence-corrected chi connectivity index (χ0v) is 14.0. The number of nitrogens with zero attached hydrogens (tertiary/aromatic N) is 2. The van der Waals surface area contributed by atoms with Gasteiger partial charge in [0.15, 0.2) is 0 Å². The second-order valence-electron chi connectivity index (χ2n) is 6.03. The first-order chi connectivity index (χ1) is 11.1. The van der Waals surface area contributed by atoms with Crippen LogP contribution in [0.3, 0.4) is 0 Å². The van der Waals surface area contributed by atoms with Gasteiger partial charge in [-0.15, -0.1) is 0 Å². The van der Waals surface area contributed by atoms with E-state index in [9.17, 15) is 4.79 Å². The van der Waals surface area contributed by atoms with Crippen LogP contribution < -0.4 is 10.1 Å². The van der Waals surface area contributed by atoms with Gasteiger partial charge in [-0.3, -0.25) is 9.69 Å². The summed E-state index contributed by atoms with van der Waals surface area (Å²) in [7, 11) is 3.75. The van der Waals surface area contributed by atoms with E-state index in [1.165, 1.54) is 0 Å². The molecule has 128 valence electrons. The van der Waals surface area contributed by atoms with Crippen LogP contribution in [0, 0.1) is 5.92 Å². The van der Waals surface area contributed by atoms with E-state index in [1.807, 2.05) is 18.2 Å². The van der Waals surface area contributed by atoms with Gasteiger partial charge < -0.3 is 20.1 Å². The minimum Gasteiger partial charge on any atom is -0.491 e. The van der Waals surface area contributed by atoms with Gasteiger partial charge in [0.2, 0.25) is 5.91 Å². The molecule has 0 aliphatic carbocycles.